The maximum atomic E-state index is 13.1. The Morgan fingerprint density at radius 2 is 1.18 bits per heavy atom. The van der Waals surface area contributed by atoms with E-state index in [0.29, 0.717) is 36.2 Å². The third kappa shape index (κ3) is 17.1. The highest BCUT2D eigenvalue weighted by Gasteiger charge is 2.45. The Morgan fingerprint density at radius 1 is 0.692 bits per heavy atom. The first-order chi connectivity index (χ1) is 31.3. The number of hydrogen-bond acceptors (Lipinski definition) is 12. The number of rotatable bonds is 24. The fourth-order valence-electron chi connectivity index (χ4n) is 9.02. The summed E-state index contributed by atoms with van der Waals surface area (Å²) in [4.78, 5) is 13.1. The van der Waals surface area contributed by atoms with Crippen LogP contribution in [0.3, 0.4) is 0 Å². The summed E-state index contributed by atoms with van der Waals surface area (Å²) in [6.45, 7) is 15.8. The third-order valence-electron chi connectivity index (χ3n) is 13.1. The zero-order valence-electron chi connectivity index (χ0n) is 40.8. The van der Waals surface area contributed by atoms with E-state index in [1.165, 1.54) is 32.1 Å². The number of carbonyl (C=O) groups excluding carboxylic acids is 1. The molecule has 5 rings (SSSR count). The van der Waals surface area contributed by atoms with E-state index in [2.05, 4.69) is 64.9 Å². The van der Waals surface area contributed by atoms with Crippen LogP contribution < -0.4 is 37.2 Å². The lowest BCUT2D eigenvalue weighted by molar-refractivity contribution is -0.114. The Bertz CT molecular complexity index is 1780. The van der Waals surface area contributed by atoms with Gasteiger partial charge < -0.3 is 35.6 Å². The number of benzene rings is 3. The molecule has 12 nitrogen and oxygen atoms in total. The van der Waals surface area contributed by atoms with Crippen molar-refractivity contribution in [3.63, 3.8) is 0 Å². The Balaban J connectivity index is 1.41. The summed E-state index contributed by atoms with van der Waals surface area (Å²) in [6, 6.07) is 23.4. The first kappa shape index (κ1) is 52.2. The van der Waals surface area contributed by atoms with Crippen molar-refractivity contribution in [2.45, 2.75) is 188 Å². The van der Waals surface area contributed by atoms with E-state index in [1.807, 2.05) is 93.6 Å². The first-order valence-corrected chi connectivity index (χ1v) is 25.2. The molecule has 1 saturated carbocycles. The molecule has 0 spiro atoms. The first-order valence-electron chi connectivity index (χ1n) is 25.2. The normalized spacial score (nSPS) is 21.8. The molecule has 0 aromatic heterocycles. The van der Waals surface area contributed by atoms with Gasteiger partial charge in [0.1, 0.15) is 18.8 Å². The molecule has 2 aliphatic rings. The number of aliphatic hydroxyl groups excluding tert-OH is 2. The van der Waals surface area contributed by atoms with E-state index in [-0.39, 0.29) is 17.4 Å². The predicted molar refractivity (Wildman–Crippen MR) is 266 cm³/mol. The van der Waals surface area contributed by atoms with Crippen molar-refractivity contribution in [2.24, 2.45) is 17.8 Å². The summed E-state index contributed by atoms with van der Waals surface area (Å²) in [6.07, 6.45) is 15.4. The molecule has 1 heterocycles. The molecule has 9 N–H and O–H groups in total. The predicted octanol–water partition coefficient (Wildman–Crippen LogP) is 11.1. The van der Waals surface area contributed by atoms with Gasteiger partial charge in [0.25, 0.3) is 0 Å². The molecular weight excluding hydrogens is 815 g/mol. The fraction of sp³-hybridized carbons (Fsp3) is 0.642. The fourth-order valence-corrected chi connectivity index (χ4v) is 9.02. The van der Waals surface area contributed by atoms with Gasteiger partial charge in [0, 0.05) is 34.1 Å². The zero-order chi connectivity index (χ0) is 46.7. The number of ether oxygens (including phenoxy) is 2. The molecule has 1 aliphatic heterocycles. The average Bonchev–Trinajstić information content (AvgIpc) is 3.44. The molecule has 0 radical (unpaired) electrons. The standard InChI is InChI=1S/C53H85N7O5/c1-8-12-20-38(10-3)36-64-48(62)41-26-30-44(31-27-41)54-50-56-51(55-45-32-28-42(29-33-45)49(63)65-37-39(11-4)21-13-9-2)60-53(59-50,43-22-18-16-14-15-17-19-23-43)57-46-34-24-40(25-35-46)47(61)58-52(5,6)7/h24-35,38-39,43,47-48,50-51,54-62H,8-23,36-37H2,1-7H3. The van der Waals surface area contributed by atoms with Gasteiger partial charge in [0.15, 0.2) is 12.1 Å². The second-order valence-electron chi connectivity index (χ2n) is 19.7. The van der Waals surface area contributed by atoms with Gasteiger partial charge in [-0.3, -0.25) is 10.6 Å². The molecule has 3 aromatic carbocycles. The maximum Gasteiger partial charge on any atom is 0.338 e. The molecule has 65 heavy (non-hydrogen) atoms. The van der Waals surface area contributed by atoms with Gasteiger partial charge in [0.2, 0.25) is 0 Å². The van der Waals surface area contributed by atoms with Crippen molar-refractivity contribution in [3.05, 3.63) is 89.5 Å². The van der Waals surface area contributed by atoms with E-state index >= 15 is 0 Å². The zero-order valence-corrected chi connectivity index (χ0v) is 40.8. The van der Waals surface area contributed by atoms with Crippen molar-refractivity contribution in [1.29, 1.82) is 0 Å². The van der Waals surface area contributed by atoms with Crippen molar-refractivity contribution >= 4 is 23.0 Å². The molecular formula is C53H85N7O5. The van der Waals surface area contributed by atoms with Crippen LogP contribution >= 0.6 is 0 Å². The van der Waals surface area contributed by atoms with Crippen LogP contribution in [0.4, 0.5) is 17.1 Å². The lowest BCUT2D eigenvalue weighted by Gasteiger charge is -2.52. The van der Waals surface area contributed by atoms with Crippen LogP contribution in [-0.2, 0) is 9.47 Å². The average molecular weight is 900 g/mol. The highest BCUT2D eigenvalue weighted by atomic mass is 16.6. The number of anilines is 3. The van der Waals surface area contributed by atoms with Crippen LogP contribution in [-0.4, -0.2) is 53.3 Å². The quantitative estimate of drug-likeness (QED) is 0.0310. The molecule has 12 heteroatoms. The Hall–Kier alpha value is -3.75. The number of esters is 1. The lowest BCUT2D eigenvalue weighted by Crippen LogP contribution is -2.82. The van der Waals surface area contributed by atoms with Crippen molar-refractivity contribution in [1.82, 2.24) is 21.3 Å². The molecule has 1 saturated heterocycles. The van der Waals surface area contributed by atoms with Gasteiger partial charge in [-0.2, -0.15) is 0 Å². The van der Waals surface area contributed by atoms with Gasteiger partial charge in [-0.05, 0) is 112 Å². The second-order valence-corrected chi connectivity index (χ2v) is 19.7. The van der Waals surface area contributed by atoms with Crippen molar-refractivity contribution in [3.8, 4) is 0 Å². The summed E-state index contributed by atoms with van der Waals surface area (Å²) < 4.78 is 11.7. The summed E-state index contributed by atoms with van der Waals surface area (Å²) in [5.74, 6) is -0.0778. The third-order valence-corrected chi connectivity index (χ3v) is 13.1. The van der Waals surface area contributed by atoms with Crippen LogP contribution in [0.15, 0.2) is 72.8 Å². The summed E-state index contributed by atoms with van der Waals surface area (Å²) in [5.41, 5.74) is 4.41. The molecule has 1 aliphatic carbocycles. The Labute approximate surface area is 391 Å². The molecule has 3 aromatic rings. The van der Waals surface area contributed by atoms with E-state index in [4.69, 9.17) is 9.47 Å². The maximum absolute atomic E-state index is 13.1. The van der Waals surface area contributed by atoms with Gasteiger partial charge in [0.05, 0.1) is 18.8 Å². The Morgan fingerprint density at radius 3 is 1.71 bits per heavy atom. The number of unbranched alkanes of at least 4 members (excludes halogenated alkanes) is 2. The topological polar surface area (TPSA) is 160 Å². The molecule has 7 unspecified atom stereocenters. The number of carbonyl (C=O) groups is 1. The molecule has 362 valence electrons. The van der Waals surface area contributed by atoms with Crippen LogP contribution in [0.5, 0.6) is 0 Å². The van der Waals surface area contributed by atoms with E-state index in [9.17, 15) is 15.0 Å². The van der Waals surface area contributed by atoms with Crippen LogP contribution in [0, 0.1) is 17.8 Å². The summed E-state index contributed by atoms with van der Waals surface area (Å²) >= 11 is 0. The summed E-state index contributed by atoms with van der Waals surface area (Å²) in [7, 11) is 0. The van der Waals surface area contributed by atoms with Crippen molar-refractivity contribution < 1.29 is 24.5 Å². The lowest BCUT2D eigenvalue weighted by atomic mass is 9.88. The summed E-state index contributed by atoms with van der Waals surface area (Å²) in [5, 5.41) is 48.2. The molecule has 0 amide bonds. The van der Waals surface area contributed by atoms with Crippen LogP contribution in [0.1, 0.15) is 185 Å². The smallest absolute Gasteiger partial charge is 0.338 e. The van der Waals surface area contributed by atoms with E-state index in [0.717, 1.165) is 93.3 Å². The minimum absolute atomic E-state index is 0.199. The molecule has 7 atom stereocenters. The number of aliphatic hydroxyl groups is 2. The van der Waals surface area contributed by atoms with Gasteiger partial charge in [-0.1, -0.05) is 129 Å². The van der Waals surface area contributed by atoms with E-state index in [1.54, 1.807) is 0 Å². The van der Waals surface area contributed by atoms with Gasteiger partial charge >= 0.3 is 5.97 Å². The van der Waals surface area contributed by atoms with Gasteiger partial charge in [-0.25, -0.2) is 15.4 Å². The van der Waals surface area contributed by atoms with Crippen molar-refractivity contribution in [2.75, 3.05) is 29.2 Å². The monoisotopic (exact) mass is 900 g/mol. The van der Waals surface area contributed by atoms with Gasteiger partial charge in [-0.15, -0.1) is 0 Å². The SMILES string of the molecule is CCCCC(CC)COC(=O)c1ccc(NC2NC(Nc3ccc(C(O)OCC(CC)CCCC)cc3)NC(Nc3ccc(C(O)NC(C)(C)C)cc3)(C3CCCCCCCC3)N2)cc1. The van der Waals surface area contributed by atoms with Crippen LogP contribution in [0.2, 0.25) is 0 Å². The number of nitrogens with one attached hydrogen (secondary N) is 7. The minimum Gasteiger partial charge on any atom is -0.462 e. The largest absolute Gasteiger partial charge is 0.462 e. The van der Waals surface area contributed by atoms with Crippen LogP contribution in [0.25, 0.3) is 0 Å². The number of hydrogen-bond donors (Lipinski definition) is 9. The molecule has 2 fully saturated rings. The highest BCUT2D eigenvalue weighted by Crippen LogP contribution is 2.33. The minimum atomic E-state index is -0.993. The van der Waals surface area contributed by atoms with E-state index < -0.39 is 30.9 Å². The highest BCUT2D eigenvalue weighted by molar-refractivity contribution is 5.89. The molecule has 0 bridgehead atoms. The Kier molecular flexibility index (Phi) is 21.3. The second kappa shape index (κ2) is 26.6.